The average molecular weight is 172 g/mol. The number of hydrogen-bond acceptors (Lipinski definition) is 3. The molecule has 0 aromatic heterocycles. The number of ether oxygens (including phenoxy) is 1. The first kappa shape index (κ1) is 9.68. The van der Waals surface area contributed by atoms with Crippen LogP contribution in [0.5, 0.6) is 0 Å². The van der Waals surface area contributed by atoms with Crippen molar-refractivity contribution in [3.8, 4) is 0 Å². The normalized spacial score (nSPS) is 41.6. The molecular formula is C9H16O3. The van der Waals surface area contributed by atoms with Gasteiger partial charge < -0.3 is 14.6 Å². The quantitative estimate of drug-likeness (QED) is 0.639. The summed E-state index contributed by atoms with van der Waals surface area (Å²) in [5, 5.41) is 8.81. The van der Waals surface area contributed by atoms with Crippen LogP contribution in [0.1, 0.15) is 26.7 Å². The van der Waals surface area contributed by atoms with Crippen LogP contribution in [-0.2, 0) is 9.53 Å². The van der Waals surface area contributed by atoms with E-state index in [-0.39, 0.29) is 18.8 Å². The van der Waals surface area contributed by atoms with E-state index in [0.717, 1.165) is 12.7 Å². The zero-order chi connectivity index (χ0) is 9.19. The van der Waals surface area contributed by atoms with Crippen LogP contribution in [0, 0.1) is 5.41 Å². The molecule has 3 heteroatoms. The molecule has 3 nitrogen and oxygen atoms in total. The maximum absolute atomic E-state index is 10.9. The molecule has 3 atom stereocenters. The minimum absolute atomic E-state index is 0.0547. The Morgan fingerprint density at radius 2 is 2.33 bits per heavy atom. The van der Waals surface area contributed by atoms with Crippen LogP contribution in [0.2, 0.25) is 0 Å². The third kappa shape index (κ3) is 1.52. The van der Waals surface area contributed by atoms with Crippen molar-refractivity contribution in [2.24, 2.45) is 5.41 Å². The van der Waals surface area contributed by atoms with Crippen LogP contribution in [0.4, 0.5) is 0 Å². The molecule has 0 spiro atoms. The second kappa shape index (κ2) is 3.54. The summed E-state index contributed by atoms with van der Waals surface area (Å²) >= 11 is 0. The van der Waals surface area contributed by atoms with Gasteiger partial charge in [0.05, 0.1) is 17.6 Å². The van der Waals surface area contributed by atoms with Gasteiger partial charge in [-0.05, 0) is 26.7 Å². The molecule has 1 saturated heterocycles. The van der Waals surface area contributed by atoms with Gasteiger partial charge in [-0.1, -0.05) is 0 Å². The highest BCUT2D eigenvalue weighted by Gasteiger charge is 2.44. The van der Waals surface area contributed by atoms with E-state index in [1.54, 1.807) is 0 Å². The summed E-state index contributed by atoms with van der Waals surface area (Å²) in [5.41, 5.74) is -0.436. The van der Waals surface area contributed by atoms with Crippen LogP contribution >= 0.6 is 0 Å². The topological polar surface area (TPSA) is 46.5 Å². The van der Waals surface area contributed by atoms with Crippen molar-refractivity contribution in [1.82, 2.24) is 0 Å². The van der Waals surface area contributed by atoms with Crippen molar-refractivity contribution in [2.75, 3.05) is 6.61 Å². The van der Waals surface area contributed by atoms with Gasteiger partial charge in [-0.2, -0.15) is 0 Å². The van der Waals surface area contributed by atoms with Crippen molar-refractivity contribution in [2.45, 2.75) is 38.9 Å². The van der Waals surface area contributed by atoms with Gasteiger partial charge in [0.25, 0.3) is 0 Å². The molecular weight excluding hydrogens is 156 g/mol. The monoisotopic (exact) mass is 172 g/mol. The van der Waals surface area contributed by atoms with E-state index < -0.39 is 5.41 Å². The van der Waals surface area contributed by atoms with Gasteiger partial charge >= 0.3 is 0 Å². The number of aldehydes is 1. The summed E-state index contributed by atoms with van der Waals surface area (Å²) in [7, 11) is 0. The van der Waals surface area contributed by atoms with E-state index in [1.165, 1.54) is 0 Å². The Morgan fingerprint density at radius 1 is 1.67 bits per heavy atom. The lowest BCUT2D eigenvalue weighted by Crippen LogP contribution is -2.31. The molecule has 1 aliphatic heterocycles. The third-order valence-electron chi connectivity index (χ3n) is 2.73. The largest absolute Gasteiger partial charge is 0.396 e. The Morgan fingerprint density at radius 3 is 2.67 bits per heavy atom. The molecule has 1 fully saturated rings. The molecule has 1 N–H and O–H groups in total. The van der Waals surface area contributed by atoms with Gasteiger partial charge in [-0.15, -0.1) is 0 Å². The van der Waals surface area contributed by atoms with Gasteiger partial charge in [0, 0.05) is 6.61 Å². The lowest BCUT2D eigenvalue weighted by molar-refractivity contribution is -0.119. The fourth-order valence-electron chi connectivity index (χ4n) is 1.95. The number of carbonyl (C=O) groups excluding carboxylic acids is 1. The molecule has 0 aromatic rings. The maximum Gasteiger partial charge on any atom is 0.128 e. The van der Waals surface area contributed by atoms with Crippen LogP contribution in [0.25, 0.3) is 0 Å². The van der Waals surface area contributed by atoms with Gasteiger partial charge in [0.15, 0.2) is 0 Å². The summed E-state index contributed by atoms with van der Waals surface area (Å²) in [4.78, 5) is 10.9. The number of hydrogen-bond donors (Lipinski definition) is 1. The fourth-order valence-corrected chi connectivity index (χ4v) is 1.95. The van der Waals surface area contributed by atoms with Crippen molar-refractivity contribution in [1.29, 1.82) is 0 Å². The molecule has 12 heavy (non-hydrogen) atoms. The van der Waals surface area contributed by atoms with Crippen molar-refractivity contribution in [3.63, 3.8) is 0 Å². The van der Waals surface area contributed by atoms with E-state index in [0.29, 0.717) is 6.42 Å². The Hall–Kier alpha value is -0.410. The Bertz CT molecular complexity index is 169. The van der Waals surface area contributed by atoms with Crippen LogP contribution in [0.15, 0.2) is 0 Å². The predicted octanol–water partition coefficient (Wildman–Crippen LogP) is 0.751. The second-order valence-electron chi connectivity index (χ2n) is 3.62. The summed E-state index contributed by atoms with van der Waals surface area (Å²) in [5.74, 6) is 0. The molecule has 1 rings (SSSR count). The maximum atomic E-state index is 10.9. The van der Waals surface area contributed by atoms with Crippen molar-refractivity contribution >= 4 is 6.29 Å². The van der Waals surface area contributed by atoms with Gasteiger partial charge in [0.2, 0.25) is 0 Å². The van der Waals surface area contributed by atoms with Crippen LogP contribution < -0.4 is 0 Å². The highest BCUT2D eigenvalue weighted by Crippen LogP contribution is 2.39. The average Bonchev–Trinajstić information content (AvgIpc) is 2.28. The summed E-state index contributed by atoms with van der Waals surface area (Å²) in [6.07, 6.45) is 2.27. The first-order valence-corrected chi connectivity index (χ1v) is 4.37. The van der Waals surface area contributed by atoms with Crippen LogP contribution in [0.3, 0.4) is 0 Å². The molecule has 0 saturated carbocycles. The van der Waals surface area contributed by atoms with E-state index >= 15 is 0 Å². The predicted molar refractivity (Wildman–Crippen MR) is 44.8 cm³/mol. The standard InChI is InChI=1S/C9H16O3/c1-7-5-9(6-11,3-4-10)8(2)12-7/h6-8,10H,3-5H2,1-2H3. The molecule has 0 bridgehead atoms. The Balaban J connectivity index is 2.71. The smallest absolute Gasteiger partial charge is 0.128 e. The molecule has 1 heterocycles. The number of aliphatic hydroxyl groups excluding tert-OH is 1. The minimum atomic E-state index is -0.436. The molecule has 0 aliphatic carbocycles. The van der Waals surface area contributed by atoms with Gasteiger partial charge in [0.1, 0.15) is 6.29 Å². The zero-order valence-corrected chi connectivity index (χ0v) is 7.62. The highest BCUT2D eigenvalue weighted by molar-refractivity contribution is 5.61. The number of carbonyl (C=O) groups is 1. The molecule has 0 amide bonds. The summed E-state index contributed by atoms with van der Waals surface area (Å²) in [6.45, 7) is 3.91. The lowest BCUT2D eigenvalue weighted by atomic mass is 9.79. The fraction of sp³-hybridized carbons (Fsp3) is 0.889. The number of rotatable bonds is 3. The first-order chi connectivity index (χ1) is 5.64. The first-order valence-electron chi connectivity index (χ1n) is 4.37. The van der Waals surface area contributed by atoms with E-state index in [1.807, 2.05) is 13.8 Å². The van der Waals surface area contributed by atoms with Crippen molar-refractivity contribution < 1.29 is 14.6 Å². The third-order valence-corrected chi connectivity index (χ3v) is 2.73. The van der Waals surface area contributed by atoms with Gasteiger partial charge in [-0.3, -0.25) is 0 Å². The Labute approximate surface area is 72.7 Å². The van der Waals surface area contributed by atoms with Crippen molar-refractivity contribution in [3.05, 3.63) is 0 Å². The molecule has 0 radical (unpaired) electrons. The lowest BCUT2D eigenvalue weighted by Gasteiger charge is -2.24. The molecule has 0 aromatic carbocycles. The summed E-state index contributed by atoms with van der Waals surface area (Å²) in [6, 6.07) is 0. The minimum Gasteiger partial charge on any atom is -0.396 e. The van der Waals surface area contributed by atoms with E-state index in [2.05, 4.69) is 0 Å². The van der Waals surface area contributed by atoms with E-state index in [9.17, 15) is 4.79 Å². The summed E-state index contributed by atoms with van der Waals surface area (Å²) < 4.78 is 5.48. The van der Waals surface area contributed by atoms with E-state index in [4.69, 9.17) is 9.84 Å². The number of aliphatic hydroxyl groups is 1. The van der Waals surface area contributed by atoms with Gasteiger partial charge in [-0.25, -0.2) is 0 Å². The Kier molecular flexibility index (Phi) is 2.85. The second-order valence-corrected chi connectivity index (χ2v) is 3.62. The zero-order valence-electron chi connectivity index (χ0n) is 7.62. The molecule has 3 unspecified atom stereocenters. The molecule has 1 aliphatic rings. The SMILES string of the molecule is CC1CC(C=O)(CCO)C(C)O1. The highest BCUT2D eigenvalue weighted by atomic mass is 16.5. The van der Waals surface area contributed by atoms with Crippen LogP contribution in [-0.4, -0.2) is 30.2 Å². The molecule has 70 valence electrons.